The van der Waals surface area contributed by atoms with E-state index < -0.39 is 0 Å². The molecule has 0 atom stereocenters. The van der Waals surface area contributed by atoms with Gasteiger partial charge in [-0.2, -0.15) is 0 Å². The molecule has 0 aliphatic rings. The number of para-hydroxylation sites is 6. The third-order valence-corrected chi connectivity index (χ3v) is 18.1. The van der Waals surface area contributed by atoms with Gasteiger partial charge >= 0.3 is 0 Å². The van der Waals surface area contributed by atoms with Gasteiger partial charge in [-0.1, -0.05) is 212 Å². The molecule has 6 aromatic heterocycles. The summed E-state index contributed by atoms with van der Waals surface area (Å²) in [6.45, 7) is 0. The van der Waals surface area contributed by atoms with Gasteiger partial charge in [0.2, 0.25) is 11.9 Å². The van der Waals surface area contributed by atoms with E-state index in [-0.39, 0.29) is 0 Å². The van der Waals surface area contributed by atoms with Crippen LogP contribution in [0.15, 0.2) is 291 Å². The molecule has 0 saturated carbocycles. The largest absolute Gasteiger partial charge is 0.309 e. The molecule has 0 unspecified atom stereocenters. The molecule has 8 heteroatoms. The van der Waals surface area contributed by atoms with E-state index in [0.717, 1.165) is 143 Å². The third kappa shape index (κ3) is 6.96. The van der Waals surface area contributed by atoms with Crippen LogP contribution in [0, 0.1) is 0 Å². The lowest BCUT2D eigenvalue weighted by Crippen LogP contribution is -2.04. The van der Waals surface area contributed by atoms with Gasteiger partial charge in [-0.3, -0.25) is 9.13 Å². The molecule has 0 spiro atoms. The number of hydrogen-bond donors (Lipinski definition) is 0. The van der Waals surface area contributed by atoms with E-state index in [1.165, 1.54) is 21.5 Å². The first-order chi connectivity index (χ1) is 43.7. The fourth-order valence-electron chi connectivity index (χ4n) is 14.5. The molecule has 13 aromatic carbocycles. The minimum atomic E-state index is 0.619. The van der Waals surface area contributed by atoms with Gasteiger partial charge in [-0.25, -0.2) is 19.9 Å². The molecule has 6 heterocycles. The summed E-state index contributed by atoms with van der Waals surface area (Å²) in [7, 11) is 0. The molecule has 88 heavy (non-hydrogen) atoms. The summed E-state index contributed by atoms with van der Waals surface area (Å²) in [5, 5.41) is 13.6. The van der Waals surface area contributed by atoms with Crippen LogP contribution in [0.1, 0.15) is 0 Å². The zero-order valence-electron chi connectivity index (χ0n) is 47.3. The second kappa shape index (κ2) is 18.7. The van der Waals surface area contributed by atoms with E-state index in [1.807, 2.05) is 6.07 Å². The maximum Gasteiger partial charge on any atom is 0.235 e. The third-order valence-electron chi connectivity index (χ3n) is 18.1. The Hall–Kier alpha value is -12.0. The molecule has 0 fully saturated rings. The van der Waals surface area contributed by atoms with Crippen molar-refractivity contribution in [3.8, 4) is 56.9 Å². The summed E-state index contributed by atoms with van der Waals surface area (Å²) in [4.78, 5) is 21.8. The zero-order chi connectivity index (χ0) is 57.6. The Kier molecular flexibility index (Phi) is 10.3. The van der Waals surface area contributed by atoms with Gasteiger partial charge in [-0.15, -0.1) is 0 Å². The Bertz CT molecular complexity index is 6110. The van der Waals surface area contributed by atoms with Crippen molar-refractivity contribution in [1.29, 1.82) is 0 Å². The molecule has 0 amide bonds. The fraction of sp³-hybridized carbons (Fsp3) is 0. The van der Waals surface area contributed by atoms with E-state index in [0.29, 0.717) is 11.9 Å². The van der Waals surface area contributed by atoms with Crippen LogP contribution >= 0.6 is 0 Å². The van der Waals surface area contributed by atoms with Gasteiger partial charge < -0.3 is 9.13 Å². The smallest absolute Gasteiger partial charge is 0.235 e. The Labute approximate surface area is 503 Å². The molecular weight excluding hydrogens is 1070 g/mol. The molecule has 0 bridgehead atoms. The maximum atomic E-state index is 5.60. The first-order valence-corrected chi connectivity index (χ1v) is 29.9. The lowest BCUT2D eigenvalue weighted by Gasteiger charge is -2.14. The molecule has 0 radical (unpaired) electrons. The van der Waals surface area contributed by atoms with Crippen molar-refractivity contribution in [1.82, 2.24) is 38.2 Å². The van der Waals surface area contributed by atoms with Gasteiger partial charge in [0.15, 0.2) is 0 Å². The van der Waals surface area contributed by atoms with Crippen LogP contribution < -0.4 is 0 Å². The normalized spacial score (nSPS) is 12.1. The number of fused-ring (bicyclic) bond motifs is 19. The monoisotopic (exact) mass is 1120 g/mol. The summed E-state index contributed by atoms with van der Waals surface area (Å²) in [6.07, 6.45) is 0. The molecule has 408 valence electrons. The average Bonchev–Trinajstić information content (AvgIpc) is 1.56. The van der Waals surface area contributed by atoms with E-state index in [9.17, 15) is 0 Å². The maximum absolute atomic E-state index is 5.60. The van der Waals surface area contributed by atoms with Crippen molar-refractivity contribution in [2.75, 3.05) is 0 Å². The van der Waals surface area contributed by atoms with Crippen LogP contribution in [0.3, 0.4) is 0 Å². The predicted octanol–water partition coefficient (Wildman–Crippen LogP) is 20.1. The standard InChI is InChI=1S/C80H48N8/c1-4-23-49(24-5-1)75-57-33-12-17-38-63(57)81-79(83-75)87-67-42-21-15-36-60(67)72-70(87)46-45-69-71(72)59-35-14-19-40-65(59)85(69)54-30-22-27-51(47-54)52-43-44-68-62(48-52)74-73-61-37-16-20-41-66(61)86(53-28-8-3-9-29-53)77(73)55-31-10-11-32-56(55)78(74)88(68)80-82-64-39-18-13-34-58(64)76(84-80)50-25-6-2-7-26-50/h1-48H. The van der Waals surface area contributed by atoms with Gasteiger partial charge in [-0.05, 0) is 90.0 Å². The van der Waals surface area contributed by atoms with Crippen molar-refractivity contribution in [2.24, 2.45) is 0 Å². The predicted molar refractivity (Wildman–Crippen MR) is 364 cm³/mol. The van der Waals surface area contributed by atoms with Crippen LogP contribution in [-0.4, -0.2) is 38.2 Å². The van der Waals surface area contributed by atoms with Crippen LogP contribution in [-0.2, 0) is 0 Å². The Morgan fingerprint density at radius 1 is 0.205 bits per heavy atom. The fourth-order valence-corrected chi connectivity index (χ4v) is 14.5. The quantitative estimate of drug-likeness (QED) is 0.159. The SMILES string of the molecule is c1ccc(-c2nc(-n3c4ccccc4c4c5c6ccccc6n(-c6cccc(-c7ccc8c(c7)c7c9c%10ccccc%10n(-c%10ccccc%10)c9c9ccccc9c7n8-c7nc(-c8ccccc8)c8ccccc8n7)c6)c5ccc43)nc3ccccc23)cc1. The number of hydrogen-bond acceptors (Lipinski definition) is 4. The van der Waals surface area contributed by atoms with Gasteiger partial charge in [0.1, 0.15) is 0 Å². The first kappa shape index (κ1) is 48.4. The van der Waals surface area contributed by atoms with Crippen LogP contribution in [0.25, 0.3) is 177 Å². The Morgan fingerprint density at radius 2 is 0.591 bits per heavy atom. The summed E-state index contributed by atoms with van der Waals surface area (Å²) in [5.74, 6) is 1.26. The summed E-state index contributed by atoms with van der Waals surface area (Å²) in [5.41, 5.74) is 18.8. The molecular formula is C80H48N8. The second-order valence-electron chi connectivity index (χ2n) is 22.9. The lowest BCUT2D eigenvalue weighted by atomic mass is 9.97. The molecule has 19 rings (SSSR count). The highest BCUT2D eigenvalue weighted by atomic mass is 15.2. The van der Waals surface area contributed by atoms with E-state index in [1.54, 1.807) is 0 Å². The van der Waals surface area contributed by atoms with Gasteiger partial charge in [0, 0.05) is 87.1 Å². The summed E-state index contributed by atoms with van der Waals surface area (Å²) < 4.78 is 9.50. The van der Waals surface area contributed by atoms with Crippen molar-refractivity contribution in [3.05, 3.63) is 291 Å². The molecule has 0 aliphatic heterocycles. The highest BCUT2D eigenvalue weighted by molar-refractivity contribution is 6.38. The molecule has 0 saturated heterocycles. The van der Waals surface area contributed by atoms with Crippen molar-refractivity contribution >= 4 is 120 Å². The topological polar surface area (TPSA) is 71.3 Å². The second-order valence-corrected chi connectivity index (χ2v) is 22.9. The molecule has 0 aliphatic carbocycles. The van der Waals surface area contributed by atoms with Crippen molar-refractivity contribution < 1.29 is 0 Å². The molecule has 8 nitrogen and oxygen atoms in total. The zero-order valence-corrected chi connectivity index (χ0v) is 47.3. The summed E-state index contributed by atoms with van der Waals surface area (Å²) >= 11 is 0. The highest BCUT2D eigenvalue weighted by Crippen LogP contribution is 2.49. The van der Waals surface area contributed by atoms with Crippen molar-refractivity contribution in [3.63, 3.8) is 0 Å². The minimum absolute atomic E-state index is 0.619. The van der Waals surface area contributed by atoms with E-state index in [4.69, 9.17) is 19.9 Å². The minimum Gasteiger partial charge on any atom is -0.309 e. The molecule has 19 aromatic rings. The van der Waals surface area contributed by atoms with Crippen LogP contribution in [0.5, 0.6) is 0 Å². The Morgan fingerprint density at radius 3 is 1.18 bits per heavy atom. The first-order valence-electron chi connectivity index (χ1n) is 29.9. The van der Waals surface area contributed by atoms with E-state index >= 15 is 0 Å². The van der Waals surface area contributed by atoms with Crippen LogP contribution in [0.2, 0.25) is 0 Å². The summed E-state index contributed by atoms with van der Waals surface area (Å²) in [6, 6.07) is 104. The molecule has 0 N–H and O–H groups in total. The van der Waals surface area contributed by atoms with E-state index in [2.05, 4.69) is 303 Å². The number of aromatic nitrogens is 8. The lowest BCUT2D eigenvalue weighted by molar-refractivity contribution is 1.01. The average molecular weight is 1120 g/mol. The van der Waals surface area contributed by atoms with Gasteiger partial charge in [0.25, 0.3) is 0 Å². The number of rotatable bonds is 7. The number of benzene rings is 13. The van der Waals surface area contributed by atoms with Crippen LogP contribution in [0.4, 0.5) is 0 Å². The number of nitrogens with zero attached hydrogens (tertiary/aromatic N) is 8. The Balaban J connectivity index is 0.861. The highest BCUT2D eigenvalue weighted by Gasteiger charge is 2.28. The van der Waals surface area contributed by atoms with Crippen molar-refractivity contribution in [2.45, 2.75) is 0 Å². The van der Waals surface area contributed by atoms with Gasteiger partial charge in [0.05, 0.1) is 66.6 Å².